The van der Waals surface area contributed by atoms with E-state index >= 15 is 0 Å². The van der Waals surface area contributed by atoms with E-state index in [2.05, 4.69) is 75.7 Å². The van der Waals surface area contributed by atoms with Crippen LogP contribution in [-0.2, 0) is 28.5 Å². The van der Waals surface area contributed by atoms with Crippen LogP contribution in [-0.4, -0.2) is 93.0 Å². The van der Waals surface area contributed by atoms with Crippen LogP contribution in [0, 0.1) is 0 Å². The molecule has 1 aliphatic carbocycles. The highest BCUT2D eigenvalue weighted by molar-refractivity contribution is 5.96. The number of benzene rings is 1. The molecule has 3 heterocycles. The predicted molar refractivity (Wildman–Crippen MR) is 158 cm³/mol. The predicted octanol–water partition coefficient (Wildman–Crippen LogP) is 2.28. The standard InChI is InChI=1S/C25H32N8O.C4H4O4/c1-25(2)14-16-15-27-24(29-20(16)22-19(25)21(23(34)26-3)30-32(22)5)28-17-6-8-18(9-7-17)33-12-10-31(4)11-13-33;5-3(6)1-2-4(7)8/h6-9,15H,10-14H2,1-5H3,(H,26,34)(H,27,28,29);1-2H,(H,5,6)(H,7,8)/b;2-1+. The number of hydrogen-bond donors (Lipinski definition) is 4. The first-order valence-corrected chi connectivity index (χ1v) is 13.5. The zero-order chi connectivity index (χ0) is 30.6. The monoisotopic (exact) mass is 576 g/mol. The number of likely N-dealkylation sites (N-methyl/N-ethyl adjacent to an activating group) is 1. The Labute approximate surface area is 243 Å². The Morgan fingerprint density at radius 3 is 2.17 bits per heavy atom. The molecule has 0 saturated carbocycles. The Balaban J connectivity index is 0.000000446. The van der Waals surface area contributed by atoms with Crippen molar-refractivity contribution in [2.75, 3.05) is 50.5 Å². The molecule has 1 aliphatic heterocycles. The van der Waals surface area contributed by atoms with E-state index in [9.17, 15) is 14.4 Å². The highest BCUT2D eigenvalue weighted by Crippen LogP contribution is 2.43. The number of carboxylic acid groups (broad SMARTS) is 2. The van der Waals surface area contributed by atoms with Crippen molar-refractivity contribution in [3.05, 3.63) is 59.4 Å². The largest absolute Gasteiger partial charge is 0.478 e. The van der Waals surface area contributed by atoms with Crippen LogP contribution in [0.15, 0.2) is 42.6 Å². The van der Waals surface area contributed by atoms with Crippen LogP contribution >= 0.6 is 0 Å². The number of aryl methyl sites for hydroxylation is 1. The number of nitrogens with one attached hydrogen (secondary N) is 2. The summed E-state index contributed by atoms with van der Waals surface area (Å²) in [5, 5.41) is 26.2. The Morgan fingerprint density at radius 1 is 0.976 bits per heavy atom. The second kappa shape index (κ2) is 12.4. The van der Waals surface area contributed by atoms with Crippen LogP contribution in [0.5, 0.6) is 0 Å². The van der Waals surface area contributed by atoms with Gasteiger partial charge in [0, 0.05) is 75.6 Å². The van der Waals surface area contributed by atoms with Crippen molar-refractivity contribution in [3.8, 4) is 11.4 Å². The Hall–Kier alpha value is -4.78. The summed E-state index contributed by atoms with van der Waals surface area (Å²) in [7, 11) is 5.66. The molecule has 1 saturated heterocycles. The lowest BCUT2D eigenvalue weighted by molar-refractivity contribution is -0.134. The number of carbonyl (C=O) groups is 3. The Morgan fingerprint density at radius 2 is 1.60 bits per heavy atom. The van der Waals surface area contributed by atoms with Gasteiger partial charge in [0.25, 0.3) is 5.91 Å². The lowest BCUT2D eigenvalue weighted by Crippen LogP contribution is -2.44. The fourth-order valence-electron chi connectivity index (χ4n) is 5.17. The van der Waals surface area contributed by atoms with Crippen molar-refractivity contribution in [2.24, 2.45) is 7.05 Å². The van der Waals surface area contributed by atoms with Gasteiger partial charge in [0.2, 0.25) is 5.95 Å². The number of carbonyl (C=O) groups excluding carboxylic acids is 1. The van der Waals surface area contributed by atoms with Crippen LogP contribution in [0.1, 0.15) is 35.5 Å². The van der Waals surface area contributed by atoms with Crippen LogP contribution in [0.2, 0.25) is 0 Å². The maximum Gasteiger partial charge on any atom is 0.328 e. The minimum atomic E-state index is -1.26. The van der Waals surface area contributed by atoms with E-state index in [4.69, 9.17) is 15.2 Å². The molecular formula is C29H36N8O5. The fraction of sp³-hybridized carbons (Fsp3) is 0.379. The van der Waals surface area contributed by atoms with Crippen molar-refractivity contribution in [3.63, 3.8) is 0 Å². The molecule has 2 aliphatic rings. The molecule has 5 rings (SSSR count). The van der Waals surface area contributed by atoms with Crippen molar-refractivity contribution < 1.29 is 24.6 Å². The highest BCUT2D eigenvalue weighted by atomic mass is 16.4. The number of anilines is 3. The van der Waals surface area contributed by atoms with Gasteiger partial charge in [0.15, 0.2) is 5.69 Å². The van der Waals surface area contributed by atoms with Gasteiger partial charge >= 0.3 is 11.9 Å². The van der Waals surface area contributed by atoms with Gasteiger partial charge in [0.05, 0.1) is 11.4 Å². The molecule has 1 amide bonds. The van der Waals surface area contributed by atoms with Crippen LogP contribution in [0.4, 0.5) is 17.3 Å². The van der Waals surface area contributed by atoms with E-state index in [1.54, 1.807) is 11.7 Å². The van der Waals surface area contributed by atoms with E-state index in [0.717, 1.165) is 60.8 Å². The zero-order valence-corrected chi connectivity index (χ0v) is 24.4. The van der Waals surface area contributed by atoms with Crippen LogP contribution in [0.25, 0.3) is 11.4 Å². The summed E-state index contributed by atoms with van der Waals surface area (Å²) in [6.07, 6.45) is 3.75. The van der Waals surface area contributed by atoms with Crippen molar-refractivity contribution >= 4 is 35.2 Å². The van der Waals surface area contributed by atoms with Gasteiger partial charge in [-0.25, -0.2) is 19.6 Å². The minimum Gasteiger partial charge on any atom is -0.478 e. The van der Waals surface area contributed by atoms with E-state index in [1.807, 2.05) is 13.2 Å². The molecule has 13 heteroatoms. The normalized spacial score (nSPS) is 15.7. The zero-order valence-electron chi connectivity index (χ0n) is 24.4. The molecule has 42 heavy (non-hydrogen) atoms. The summed E-state index contributed by atoms with van der Waals surface area (Å²) in [6.45, 7) is 8.51. The lowest BCUT2D eigenvalue weighted by Gasteiger charge is -2.34. The third kappa shape index (κ3) is 6.74. The molecule has 4 N–H and O–H groups in total. The number of rotatable bonds is 6. The number of piperazine rings is 1. The average Bonchev–Trinajstić information content (AvgIpc) is 3.31. The average molecular weight is 577 g/mol. The van der Waals surface area contributed by atoms with Crippen molar-refractivity contribution in [1.29, 1.82) is 0 Å². The number of aromatic nitrogens is 4. The fourth-order valence-corrected chi connectivity index (χ4v) is 5.17. The Kier molecular flexibility index (Phi) is 8.90. The van der Waals surface area contributed by atoms with Crippen LogP contribution in [0.3, 0.4) is 0 Å². The third-order valence-electron chi connectivity index (χ3n) is 7.25. The quantitative estimate of drug-likeness (QED) is 0.318. The number of amides is 1. The second-order valence-corrected chi connectivity index (χ2v) is 10.9. The van der Waals surface area contributed by atoms with E-state index in [1.165, 1.54) is 5.69 Å². The third-order valence-corrected chi connectivity index (χ3v) is 7.25. The Bertz CT molecular complexity index is 1490. The first-order valence-electron chi connectivity index (χ1n) is 13.5. The first-order chi connectivity index (χ1) is 19.9. The van der Waals surface area contributed by atoms with Crippen molar-refractivity contribution in [2.45, 2.75) is 25.7 Å². The van der Waals surface area contributed by atoms with Crippen LogP contribution < -0.4 is 15.5 Å². The van der Waals surface area contributed by atoms with Gasteiger partial charge in [-0.15, -0.1) is 0 Å². The summed E-state index contributed by atoms with van der Waals surface area (Å²) in [4.78, 5) is 45.9. The number of hydrogen-bond acceptors (Lipinski definition) is 9. The topological polar surface area (TPSA) is 166 Å². The van der Waals surface area contributed by atoms with Gasteiger partial charge in [-0.1, -0.05) is 13.8 Å². The second-order valence-electron chi connectivity index (χ2n) is 10.9. The maximum absolute atomic E-state index is 12.5. The summed E-state index contributed by atoms with van der Waals surface area (Å²) in [5.41, 5.74) is 6.06. The molecule has 1 aromatic carbocycles. The summed E-state index contributed by atoms with van der Waals surface area (Å²) < 4.78 is 1.77. The van der Waals surface area contributed by atoms with Gasteiger partial charge in [0.1, 0.15) is 0 Å². The van der Waals surface area contributed by atoms with Crippen molar-refractivity contribution in [1.82, 2.24) is 30.0 Å². The lowest BCUT2D eigenvalue weighted by atomic mass is 9.73. The SMILES string of the molecule is CNC(=O)c1nn(C)c2c1C(C)(C)Cc1cnc(Nc3ccc(N4CCN(C)CC4)cc3)nc1-2.O=C(O)/C=C/C(=O)O. The molecule has 13 nitrogen and oxygen atoms in total. The number of carboxylic acids is 2. The molecule has 2 aromatic heterocycles. The van der Waals surface area contributed by atoms with Gasteiger partial charge in [-0.2, -0.15) is 5.10 Å². The summed E-state index contributed by atoms with van der Waals surface area (Å²) in [5.74, 6) is -2.17. The van der Waals surface area contributed by atoms with E-state index in [0.29, 0.717) is 23.8 Å². The highest BCUT2D eigenvalue weighted by Gasteiger charge is 2.39. The number of fused-ring (bicyclic) bond motifs is 3. The van der Waals surface area contributed by atoms with E-state index in [-0.39, 0.29) is 11.3 Å². The first kappa shape index (κ1) is 30.2. The summed E-state index contributed by atoms with van der Waals surface area (Å²) in [6, 6.07) is 8.42. The molecule has 0 unspecified atom stereocenters. The maximum atomic E-state index is 12.5. The van der Waals surface area contributed by atoms with Gasteiger partial charge in [-0.3, -0.25) is 9.48 Å². The summed E-state index contributed by atoms with van der Waals surface area (Å²) >= 11 is 0. The minimum absolute atomic E-state index is 0.179. The molecule has 3 aromatic rings. The molecule has 222 valence electrons. The van der Waals surface area contributed by atoms with E-state index < -0.39 is 11.9 Å². The van der Waals surface area contributed by atoms with Gasteiger partial charge in [-0.05, 0) is 48.7 Å². The molecule has 0 atom stereocenters. The molecule has 1 fully saturated rings. The smallest absolute Gasteiger partial charge is 0.328 e. The molecule has 0 spiro atoms. The molecular weight excluding hydrogens is 540 g/mol. The number of nitrogens with zero attached hydrogens (tertiary/aromatic N) is 6. The molecule has 0 radical (unpaired) electrons. The number of aliphatic carboxylic acids is 2. The van der Waals surface area contributed by atoms with Gasteiger partial charge < -0.3 is 30.6 Å². The molecule has 0 bridgehead atoms.